The average molecular weight is 331 g/mol. The van der Waals surface area contributed by atoms with E-state index in [1.807, 2.05) is 0 Å². The van der Waals surface area contributed by atoms with Crippen molar-refractivity contribution in [2.24, 2.45) is 11.3 Å². The molecule has 0 aromatic carbocycles. The van der Waals surface area contributed by atoms with Gasteiger partial charge in [-0.25, -0.2) is 9.97 Å². The number of nitrogens with zero attached hydrogens (tertiary/aromatic N) is 2. The Morgan fingerprint density at radius 1 is 1.43 bits per heavy atom. The predicted molar refractivity (Wildman–Crippen MR) is 76.5 cm³/mol. The summed E-state index contributed by atoms with van der Waals surface area (Å²) in [7, 11) is 0. The van der Waals surface area contributed by atoms with Gasteiger partial charge in [0, 0.05) is 12.0 Å². The van der Waals surface area contributed by atoms with Gasteiger partial charge in [0.05, 0.1) is 12.2 Å². The van der Waals surface area contributed by atoms with Gasteiger partial charge < -0.3 is 10.1 Å². The van der Waals surface area contributed by atoms with E-state index in [9.17, 15) is 18.0 Å². The van der Waals surface area contributed by atoms with Crippen LogP contribution in [0.2, 0.25) is 0 Å². The van der Waals surface area contributed by atoms with Crippen molar-refractivity contribution >= 4 is 5.91 Å². The molecule has 0 bridgehead atoms. The van der Waals surface area contributed by atoms with Crippen molar-refractivity contribution in [2.45, 2.75) is 52.4 Å². The van der Waals surface area contributed by atoms with Crippen LogP contribution in [0.25, 0.3) is 0 Å². The summed E-state index contributed by atoms with van der Waals surface area (Å²) in [5.41, 5.74) is 0.599. The van der Waals surface area contributed by atoms with Crippen LogP contribution >= 0.6 is 0 Å². The number of alkyl halides is 3. The maximum atomic E-state index is 12.5. The zero-order valence-electron chi connectivity index (χ0n) is 13.3. The molecule has 1 N–H and O–H groups in total. The summed E-state index contributed by atoms with van der Waals surface area (Å²) in [6, 6.07) is 1.30. The van der Waals surface area contributed by atoms with E-state index < -0.39 is 12.3 Å². The number of ether oxygens (including phenoxy) is 1. The summed E-state index contributed by atoms with van der Waals surface area (Å²) in [6.07, 6.45) is -3.64. The van der Waals surface area contributed by atoms with E-state index in [1.165, 1.54) is 6.07 Å². The quantitative estimate of drug-likeness (QED) is 0.901. The van der Waals surface area contributed by atoms with Gasteiger partial charge in [-0.15, -0.1) is 0 Å². The van der Waals surface area contributed by atoms with Crippen LogP contribution in [0, 0.1) is 11.3 Å². The van der Waals surface area contributed by atoms with Crippen molar-refractivity contribution in [2.75, 3.05) is 0 Å². The van der Waals surface area contributed by atoms with Crippen molar-refractivity contribution in [3.8, 4) is 5.88 Å². The molecule has 1 aliphatic rings. The van der Waals surface area contributed by atoms with Crippen LogP contribution in [-0.4, -0.2) is 28.2 Å². The van der Waals surface area contributed by atoms with E-state index in [1.54, 1.807) is 0 Å². The Morgan fingerprint density at radius 2 is 2.09 bits per heavy atom. The highest BCUT2D eigenvalue weighted by molar-refractivity contribution is 5.79. The van der Waals surface area contributed by atoms with Gasteiger partial charge in [-0.05, 0) is 25.2 Å². The van der Waals surface area contributed by atoms with Crippen molar-refractivity contribution in [3.05, 3.63) is 18.1 Å². The van der Waals surface area contributed by atoms with E-state index in [0.717, 1.165) is 26.1 Å². The number of amides is 1. The average Bonchev–Trinajstić information content (AvgIpc) is 2.41. The van der Waals surface area contributed by atoms with Gasteiger partial charge in [0.2, 0.25) is 11.8 Å². The van der Waals surface area contributed by atoms with Gasteiger partial charge in [-0.3, -0.25) is 4.79 Å². The highest BCUT2D eigenvalue weighted by atomic mass is 19.4. The fraction of sp³-hybridized carbons (Fsp3) is 0.667. The molecule has 5 nitrogen and oxygen atoms in total. The monoisotopic (exact) mass is 331 g/mol. The summed E-state index contributed by atoms with van der Waals surface area (Å²) >= 11 is 0. The number of rotatable bonds is 5. The Balaban J connectivity index is 1.87. The summed E-state index contributed by atoms with van der Waals surface area (Å²) in [4.78, 5) is 19.5. The molecule has 2 rings (SSSR count). The van der Waals surface area contributed by atoms with Gasteiger partial charge in [0.25, 0.3) is 0 Å². The maximum Gasteiger partial charge on any atom is 0.425 e. The maximum absolute atomic E-state index is 12.5. The predicted octanol–water partition coefficient (Wildman–Crippen LogP) is 2.86. The molecule has 1 atom stereocenters. The molecular formula is C15H20F3N3O2. The number of nitrogens with one attached hydrogen (secondary N) is 1. The molecule has 1 heterocycles. The molecule has 1 amide bonds. The zero-order chi connectivity index (χ0) is 17.3. The summed E-state index contributed by atoms with van der Waals surface area (Å²) < 4.78 is 42.1. The van der Waals surface area contributed by atoms with E-state index in [2.05, 4.69) is 29.1 Å². The van der Waals surface area contributed by atoms with Gasteiger partial charge in [0.15, 0.2) is 6.10 Å². The van der Waals surface area contributed by atoms with Crippen molar-refractivity contribution in [1.82, 2.24) is 15.3 Å². The molecule has 128 valence electrons. The molecule has 0 unspecified atom stereocenters. The molecule has 23 heavy (non-hydrogen) atoms. The number of halogens is 3. The number of hydrogen-bond acceptors (Lipinski definition) is 4. The van der Waals surface area contributed by atoms with Crippen molar-refractivity contribution in [1.29, 1.82) is 0 Å². The lowest BCUT2D eigenvalue weighted by atomic mass is 9.64. The highest BCUT2D eigenvalue weighted by Crippen LogP contribution is 2.44. The number of carbonyl (C=O) groups excluding carboxylic acids is 1. The standard InChI is InChI=1S/C15H20F3N3O2/c1-9(15(16,17)18)23-12-4-11(20-8-21-12)7-19-13(22)10-5-14(2,3)6-10/h4,8-10H,5-7H2,1-3H3,(H,19,22)/t9-/m1/s1. The first kappa shape index (κ1) is 17.5. The Bertz CT molecular complexity index is 567. The van der Waals surface area contributed by atoms with Crippen LogP contribution in [0.3, 0.4) is 0 Å². The normalized spacial score (nSPS) is 18.9. The van der Waals surface area contributed by atoms with Crippen molar-refractivity contribution in [3.63, 3.8) is 0 Å². The smallest absolute Gasteiger partial charge is 0.425 e. The van der Waals surface area contributed by atoms with E-state index in [0.29, 0.717) is 5.69 Å². The molecule has 1 aromatic rings. The highest BCUT2D eigenvalue weighted by Gasteiger charge is 2.40. The molecular weight excluding hydrogens is 311 g/mol. The second-order valence-corrected chi connectivity index (χ2v) is 6.64. The number of carbonyl (C=O) groups is 1. The summed E-state index contributed by atoms with van der Waals surface area (Å²) in [5, 5.41) is 2.74. The first-order valence-electron chi connectivity index (χ1n) is 7.39. The lowest BCUT2D eigenvalue weighted by Crippen LogP contribution is -2.42. The first-order chi connectivity index (χ1) is 10.6. The molecule has 1 aliphatic carbocycles. The fourth-order valence-electron chi connectivity index (χ4n) is 2.57. The minimum atomic E-state index is -4.46. The SMILES string of the molecule is C[C@@H](Oc1cc(CNC(=O)C2CC(C)(C)C2)ncn1)C(F)(F)F. The topological polar surface area (TPSA) is 64.1 Å². The Morgan fingerprint density at radius 3 is 2.65 bits per heavy atom. The molecule has 0 saturated heterocycles. The number of aromatic nitrogens is 2. The van der Waals surface area contributed by atoms with E-state index in [-0.39, 0.29) is 29.7 Å². The summed E-state index contributed by atoms with van der Waals surface area (Å²) in [5.74, 6) is -0.235. The van der Waals surface area contributed by atoms with Crippen LogP contribution in [-0.2, 0) is 11.3 Å². The third-order valence-corrected chi connectivity index (χ3v) is 3.87. The molecule has 1 saturated carbocycles. The molecule has 0 radical (unpaired) electrons. The van der Waals surface area contributed by atoms with Crippen LogP contribution in [0.4, 0.5) is 13.2 Å². The van der Waals surface area contributed by atoms with E-state index in [4.69, 9.17) is 4.74 Å². The lowest BCUT2D eigenvalue weighted by Gasteiger charge is -2.41. The molecule has 1 aromatic heterocycles. The van der Waals surface area contributed by atoms with E-state index >= 15 is 0 Å². The third kappa shape index (κ3) is 4.80. The van der Waals surface area contributed by atoms with Crippen LogP contribution in [0.1, 0.15) is 39.3 Å². The zero-order valence-corrected chi connectivity index (χ0v) is 13.3. The second-order valence-electron chi connectivity index (χ2n) is 6.64. The molecule has 1 fully saturated rings. The number of hydrogen-bond donors (Lipinski definition) is 1. The van der Waals surface area contributed by atoms with Crippen LogP contribution in [0.5, 0.6) is 5.88 Å². The Hall–Kier alpha value is -1.86. The van der Waals surface area contributed by atoms with Gasteiger partial charge in [-0.1, -0.05) is 13.8 Å². The molecule has 0 aliphatic heterocycles. The van der Waals surface area contributed by atoms with Crippen molar-refractivity contribution < 1.29 is 22.7 Å². The second kappa shape index (κ2) is 6.33. The third-order valence-electron chi connectivity index (χ3n) is 3.87. The van der Waals surface area contributed by atoms with Crippen LogP contribution < -0.4 is 10.1 Å². The van der Waals surface area contributed by atoms with Crippen LogP contribution in [0.15, 0.2) is 12.4 Å². The fourth-order valence-corrected chi connectivity index (χ4v) is 2.57. The Kier molecular flexibility index (Phi) is 4.81. The Labute approximate surface area is 132 Å². The minimum Gasteiger partial charge on any atom is -0.465 e. The van der Waals surface area contributed by atoms with Gasteiger partial charge >= 0.3 is 6.18 Å². The minimum absolute atomic E-state index is 0.00666. The molecule has 0 spiro atoms. The molecule has 8 heteroatoms. The van der Waals surface area contributed by atoms with Gasteiger partial charge in [-0.2, -0.15) is 13.2 Å². The first-order valence-corrected chi connectivity index (χ1v) is 7.39. The lowest BCUT2D eigenvalue weighted by molar-refractivity contribution is -0.190. The largest absolute Gasteiger partial charge is 0.465 e. The van der Waals surface area contributed by atoms with Gasteiger partial charge in [0.1, 0.15) is 6.33 Å². The summed E-state index contributed by atoms with van der Waals surface area (Å²) in [6.45, 7) is 5.25.